The molecular weight excluding hydrogens is 248 g/mol. The van der Waals surface area contributed by atoms with Crippen LogP contribution in [0.1, 0.15) is 38.6 Å². The van der Waals surface area contributed by atoms with Crippen LogP contribution in [0.2, 0.25) is 5.02 Å². The number of halogens is 1. The number of furan rings is 1. The molecule has 0 bridgehead atoms. The predicted octanol–water partition coefficient (Wildman–Crippen LogP) is 4.40. The highest BCUT2D eigenvalue weighted by molar-refractivity contribution is 6.32. The summed E-state index contributed by atoms with van der Waals surface area (Å²) in [4.78, 5) is 12.4. The fourth-order valence-corrected chi connectivity index (χ4v) is 2.19. The molecule has 0 spiro atoms. The first-order chi connectivity index (χ1) is 8.41. The van der Waals surface area contributed by atoms with Crippen molar-refractivity contribution in [1.82, 2.24) is 0 Å². The lowest BCUT2D eigenvalue weighted by Gasteiger charge is -2.04. The fraction of sp³-hybridized carbons (Fsp3) is 0.267. The molecule has 0 aliphatic rings. The second-order valence-electron chi connectivity index (χ2n) is 4.51. The molecule has 1 aromatic carbocycles. The lowest BCUT2D eigenvalue weighted by molar-refractivity contribution is 0.103. The molecule has 0 saturated carbocycles. The number of rotatable bonds is 2. The second kappa shape index (κ2) is 4.62. The largest absolute Gasteiger partial charge is 0.466 e. The van der Waals surface area contributed by atoms with Gasteiger partial charge in [0.1, 0.15) is 11.5 Å². The Morgan fingerprint density at radius 1 is 1.11 bits per heavy atom. The van der Waals surface area contributed by atoms with Crippen LogP contribution in [0, 0.1) is 27.7 Å². The molecule has 0 N–H and O–H groups in total. The molecule has 0 atom stereocenters. The minimum absolute atomic E-state index is 0.0382. The third-order valence-electron chi connectivity index (χ3n) is 3.22. The topological polar surface area (TPSA) is 30.2 Å². The van der Waals surface area contributed by atoms with E-state index in [1.54, 1.807) is 12.1 Å². The lowest BCUT2D eigenvalue weighted by atomic mass is 9.99. The number of aryl methyl sites for hydroxylation is 3. The van der Waals surface area contributed by atoms with Crippen LogP contribution < -0.4 is 0 Å². The number of hydrogen-bond acceptors (Lipinski definition) is 2. The van der Waals surface area contributed by atoms with Gasteiger partial charge in [0.2, 0.25) is 0 Å². The quantitative estimate of drug-likeness (QED) is 0.751. The van der Waals surface area contributed by atoms with Gasteiger partial charge in [-0.1, -0.05) is 23.7 Å². The summed E-state index contributed by atoms with van der Waals surface area (Å²) >= 11 is 6.05. The molecule has 94 valence electrons. The van der Waals surface area contributed by atoms with Gasteiger partial charge in [0.25, 0.3) is 0 Å². The third kappa shape index (κ3) is 2.08. The van der Waals surface area contributed by atoms with E-state index in [0.717, 1.165) is 16.9 Å². The summed E-state index contributed by atoms with van der Waals surface area (Å²) in [6, 6.07) is 5.36. The Labute approximate surface area is 112 Å². The molecule has 3 heteroatoms. The summed E-state index contributed by atoms with van der Waals surface area (Å²) in [5.41, 5.74) is 3.10. The average Bonchev–Trinajstić information content (AvgIpc) is 2.56. The highest BCUT2D eigenvalue weighted by Crippen LogP contribution is 2.25. The zero-order valence-electron chi connectivity index (χ0n) is 10.9. The minimum atomic E-state index is -0.0382. The lowest BCUT2D eigenvalue weighted by Crippen LogP contribution is -2.04. The number of benzene rings is 1. The highest BCUT2D eigenvalue weighted by Gasteiger charge is 2.20. The van der Waals surface area contributed by atoms with Crippen molar-refractivity contribution in [3.8, 4) is 0 Å². The molecule has 0 amide bonds. The zero-order valence-corrected chi connectivity index (χ0v) is 11.7. The predicted molar refractivity (Wildman–Crippen MR) is 72.5 cm³/mol. The number of hydrogen-bond donors (Lipinski definition) is 0. The summed E-state index contributed by atoms with van der Waals surface area (Å²) in [7, 11) is 0. The van der Waals surface area contributed by atoms with Crippen molar-refractivity contribution in [2.45, 2.75) is 27.7 Å². The summed E-state index contributed by atoms with van der Waals surface area (Å²) in [6.45, 7) is 7.48. The Hall–Kier alpha value is -1.54. The van der Waals surface area contributed by atoms with Crippen molar-refractivity contribution in [2.75, 3.05) is 0 Å². The first kappa shape index (κ1) is 12.9. The van der Waals surface area contributed by atoms with E-state index in [2.05, 4.69) is 0 Å². The zero-order chi connectivity index (χ0) is 13.4. The normalized spacial score (nSPS) is 10.7. The van der Waals surface area contributed by atoms with Gasteiger partial charge in [0.15, 0.2) is 5.78 Å². The van der Waals surface area contributed by atoms with E-state index in [4.69, 9.17) is 16.0 Å². The standard InChI is InChI=1S/C15H15ClO2/c1-8-5-6-12(7-13(8)16)15(17)14-9(2)10(3)18-11(14)4/h5-7H,1-4H3. The van der Waals surface area contributed by atoms with Crippen molar-refractivity contribution in [3.63, 3.8) is 0 Å². The van der Waals surface area contributed by atoms with Gasteiger partial charge >= 0.3 is 0 Å². The maximum Gasteiger partial charge on any atom is 0.196 e. The minimum Gasteiger partial charge on any atom is -0.466 e. The van der Waals surface area contributed by atoms with Crippen molar-refractivity contribution >= 4 is 17.4 Å². The summed E-state index contributed by atoms with van der Waals surface area (Å²) < 4.78 is 5.49. The van der Waals surface area contributed by atoms with Gasteiger partial charge in [-0.25, -0.2) is 0 Å². The molecule has 2 aromatic rings. The van der Waals surface area contributed by atoms with E-state index < -0.39 is 0 Å². The van der Waals surface area contributed by atoms with E-state index in [-0.39, 0.29) is 5.78 Å². The van der Waals surface area contributed by atoms with E-state index >= 15 is 0 Å². The Morgan fingerprint density at radius 2 is 1.78 bits per heavy atom. The summed E-state index contributed by atoms with van der Waals surface area (Å²) in [5.74, 6) is 1.41. The molecule has 2 nitrogen and oxygen atoms in total. The first-order valence-corrected chi connectivity index (χ1v) is 6.17. The highest BCUT2D eigenvalue weighted by atomic mass is 35.5. The van der Waals surface area contributed by atoms with Crippen LogP contribution in [-0.2, 0) is 0 Å². The van der Waals surface area contributed by atoms with Crippen LogP contribution in [0.25, 0.3) is 0 Å². The van der Waals surface area contributed by atoms with Gasteiger partial charge in [-0.15, -0.1) is 0 Å². The number of carbonyl (C=O) groups is 1. The molecule has 2 rings (SSSR count). The summed E-state index contributed by atoms with van der Waals surface area (Å²) in [5, 5.41) is 0.608. The van der Waals surface area contributed by atoms with Crippen molar-refractivity contribution in [3.05, 3.63) is 57.0 Å². The molecule has 0 fully saturated rings. The molecular formula is C15H15ClO2. The number of carbonyl (C=O) groups excluding carboxylic acids is 1. The van der Waals surface area contributed by atoms with E-state index in [9.17, 15) is 4.79 Å². The maximum absolute atomic E-state index is 12.4. The molecule has 1 heterocycles. The van der Waals surface area contributed by atoms with Crippen LogP contribution in [0.15, 0.2) is 22.6 Å². The number of ketones is 1. The van der Waals surface area contributed by atoms with E-state index in [0.29, 0.717) is 21.9 Å². The molecule has 18 heavy (non-hydrogen) atoms. The van der Waals surface area contributed by atoms with Gasteiger partial charge in [-0.3, -0.25) is 4.79 Å². The molecule has 1 aromatic heterocycles. The van der Waals surface area contributed by atoms with Crippen LogP contribution in [0.5, 0.6) is 0 Å². The molecule has 0 radical (unpaired) electrons. The van der Waals surface area contributed by atoms with Crippen LogP contribution in [0.3, 0.4) is 0 Å². The van der Waals surface area contributed by atoms with Gasteiger partial charge in [-0.05, 0) is 39.3 Å². The Balaban J connectivity index is 2.51. The molecule has 0 unspecified atom stereocenters. The van der Waals surface area contributed by atoms with Gasteiger partial charge in [0, 0.05) is 16.1 Å². The Morgan fingerprint density at radius 3 is 2.28 bits per heavy atom. The molecule has 0 aliphatic carbocycles. The fourth-order valence-electron chi connectivity index (χ4n) is 2.01. The SMILES string of the molecule is Cc1ccc(C(=O)c2c(C)oc(C)c2C)cc1Cl. The van der Waals surface area contributed by atoms with Crippen molar-refractivity contribution in [1.29, 1.82) is 0 Å². The van der Waals surface area contributed by atoms with Crippen LogP contribution in [-0.4, -0.2) is 5.78 Å². The van der Waals surface area contributed by atoms with Gasteiger partial charge < -0.3 is 4.42 Å². The summed E-state index contributed by atoms with van der Waals surface area (Å²) in [6.07, 6.45) is 0. The first-order valence-electron chi connectivity index (χ1n) is 5.79. The molecule has 0 saturated heterocycles. The van der Waals surface area contributed by atoms with E-state index in [1.807, 2.05) is 33.8 Å². The third-order valence-corrected chi connectivity index (χ3v) is 3.63. The smallest absolute Gasteiger partial charge is 0.196 e. The van der Waals surface area contributed by atoms with Gasteiger partial charge in [0.05, 0.1) is 5.56 Å². The monoisotopic (exact) mass is 262 g/mol. The molecule has 0 aliphatic heterocycles. The van der Waals surface area contributed by atoms with Crippen molar-refractivity contribution in [2.24, 2.45) is 0 Å². The van der Waals surface area contributed by atoms with Crippen molar-refractivity contribution < 1.29 is 9.21 Å². The Bertz CT molecular complexity index is 624. The average molecular weight is 263 g/mol. The Kier molecular flexibility index (Phi) is 3.31. The maximum atomic E-state index is 12.4. The van der Waals surface area contributed by atoms with E-state index in [1.165, 1.54) is 0 Å². The second-order valence-corrected chi connectivity index (χ2v) is 4.91. The van der Waals surface area contributed by atoms with Crippen LogP contribution >= 0.6 is 11.6 Å². The van der Waals surface area contributed by atoms with Crippen LogP contribution in [0.4, 0.5) is 0 Å². The van der Waals surface area contributed by atoms with Gasteiger partial charge in [-0.2, -0.15) is 0 Å².